The molecule has 2 aromatic rings. The summed E-state index contributed by atoms with van der Waals surface area (Å²) in [5, 5.41) is 7.24. The minimum atomic E-state index is -0.352. The normalized spacial score (nSPS) is 14.5. The molecule has 1 aromatic carbocycles. The van der Waals surface area contributed by atoms with E-state index in [9.17, 15) is 4.79 Å². The van der Waals surface area contributed by atoms with Gasteiger partial charge in [0.05, 0.1) is 6.20 Å². The number of amides is 1. The highest BCUT2D eigenvalue weighted by Gasteiger charge is 2.30. The summed E-state index contributed by atoms with van der Waals surface area (Å²) >= 11 is 0. The molecule has 3 rings (SSSR count). The fraction of sp³-hybridized carbons (Fsp3) is 0.333. The Bertz CT molecular complexity index is 640. The molecule has 5 nitrogen and oxygen atoms in total. The molecule has 0 radical (unpaired) electrons. The third-order valence-corrected chi connectivity index (χ3v) is 3.75. The van der Waals surface area contributed by atoms with Gasteiger partial charge in [-0.2, -0.15) is 5.10 Å². The Morgan fingerprint density at radius 2 is 2.14 bits per heavy atom. The van der Waals surface area contributed by atoms with Crippen LogP contribution in [-0.2, 0) is 18.3 Å². The summed E-state index contributed by atoms with van der Waals surface area (Å²) in [6.45, 7) is 0.747. The number of hydrogen-bond acceptors (Lipinski definition) is 3. The molecule has 1 unspecified atom stereocenters. The smallest absolute Gasteiger partial charge is 0.248 e. The van der Waals surface area contributed by atoms with Crippen molar-refractivity contribution in [3.05, 3.63) is 47.8 Å². The minimum Gasteiger partial charge on any atom is -0.310 e. The van der Waals surface area contributed by atoms with Gasteiger partial charge in [0.1, 0.15) is 6.04 Å². The van der Waals surface area contributed by atoms with Gasteiger partial charge in [0.15, 0.2) is 0 Å². The van der Waals surface area contributed by atoms with Crippen molar-refractivity contribution in [1.82, 2.24) is 15.1 Å². The molecular weight excluding hydrogens is 288 g/mol. The van der Waals surface area contributed by atoms with E-state index in [0.717, 1.165) is 24.2 Å². The maximum absolute atomic E-state index is 12.8. The van der Waals surface area contributed by atoms with Gasteiger partial charge >= 0.3 is 0 Å². The van der Waals surface area contributed by atoms with Gasteiger partial charge < -0.3 is 10.2 Å². The zero-order chi connectivity index (χ0) is 14.1. The van der Waals surface area contributed by atoms with Crippen molar-refractivity contribution in [2.45, 2.75) is 12.5 Å². The first kappa shape index (κ1) is 15.5. The predicted molar refractivity (Wildman–Crippen MR) is 84.8 cm³/mol. The minimum absolute atomic E-state index is 0. The summed E-state index contributed by atoms with van der Waals surface area (Å²) in [7, 11) is 3.66. The van der Waals surface area contributed by atoms with Crippen LogP contribution >= 0.6 is 12.4 Å². The van der Waals surface area contributed by atoms with Crippen LogP contribution in [0.1, 0.15) is 17.2 Å². The van der Waals surface area contributed by atoms with E-state index in [1.54, 1.807) is 17.9 Å². The fourth-order valence-corrected chi connectivity index (χ4v) is 2.74. The average Bonchev–Trinajstić information content (AvgIpc) is 3.06. The highest BCUT2D eigenvalue weighted by molar-refractivity contribution is 5.99. The third kappa shape index (κ3) is 2.80. The summed E-state index contributed by atoms with van der Waals surface area (Å²) in [5.41, 5.74) is 3.16. The van der Waals surface area contributed by atoms with E-state index in [2.05, 4.69) is 16.5 Å². The number of nitrogens with one attached hydrogen (secondary N) is 1. The molecule has 1 aliphatic rings. The Hall–Kier alpha value is -1.85. The molecule has 0 saturated carbocycles. The number of para-hydroxylation sites is 1. The van der Waals surface area contributed by atoms with Crippen LogP contribution in [0.25, 0.3) is 0 Å². The lowest BCUT2D eigenvalue weighted by Gasteiger charge is -2.23. The van der Waals surface area contributed by atoms with Crippen LogP contribution in [0.4, 0.5) is 5.69 Å². The molecular formula is C15H19ClN4O. The number of aryl methyl sites for hydroxylation is 1. The molecule has 1 atom stereocenters. The van der Waals surface area contributed by atoms with Gasteiger partial charge in [-0.25, -0.2) is 0 Å². The Labute approximate surface area is 130 Å². The second-order valence-corrected chi connectivity index (χ2v) is 5.04. The molecule has 2 heterocycles. The van der Waals surface area contributed by atoms with Crippen molar-refractivity contribution in [3.63, 3.8) is 0 Å². The molecule has 6 heteroatoms. The van der Waals surface area contributed by atoms with Gasteiger partial charge in [-0.1, -0.05) is 18.2 Å². The predicted octanol–water partition coefficient (Wildman–Crippen LogP) is 1.69. The second kappa shape index (κ2) is 6.28. The summed E-state index contributed by atoms with van der Waals surface area (Å²) in [4.78, 5) is 14.6. The van der Waals surface area contributed by atoms with Crippen molar-refractivity contribution >= 4 is 24.0 Å². The Morgan fingerprint density at radius 3 is 2.81 bits per heavy atom. The summed E-state index contributed by atoms with van der Waals surface area (Å²) in [6, 6.07) is 7.73. The van der Waals surface area contributed by atoms with E-state index in [1.807, 2.05) is 36.3 Å². The van der Waals surface area contributed by atoms with E-state index in [0.29, 0.717) is 0 Å². The van der Waals surface area contributed by atoms with Crippen molar-refractivity contribution in [2.24, 2.45) is 7.05 Å². The van der Waals surface area contributed by atoms with Crippen molar-refractivity contribution < 1.29 is 4.79 Å². The maximum atomic E-state index is 12.8. The molecule has 0 spiro atoms. The fourth-order valence-electron chi connectivity index (χ4n) is 2.74. The first-order chi connectivity index (χ1) is 9.70. The van der Waals surface area contributed by atoms with E-state index in [4.69, 9.17) is 0 Å². The van der Waals surface area contributed by atoms with E-state index >= 15 is 0 Å². The van der Waals surface area contributed by atoms with Gasteiger partial charge in [0, 0.05) is 31.0 Å². The summed E-state index contributed by atoms with van der Waals surface area (Å²) in [5.74, 6) is 0.0745. The third-order valence-electron chi connectivity index (χ3n) is 3.75. The number of aromatic nitrogens is 2. The number of anilines is 1. The van der Waals surface area contributed by atoms with Crippen molar-refractivity contribution in [3.8, 4) is 0 Å². The summed E-state index contributed by atoms with van der Waals surface area (Å²) < 4.78 is 1.71. The van der Waals surface area contributed by atoms with Gasteiger partial charge in [-0.15, -0.1) is 12.4 Å². The van der Waals surface area contributed by atoms with Crippen LogP contribution in [0, 0.1) is 0 Å². The molecule has 21 heavy (non-hydrogen) atoms. The molecule has 0 saturated heterocycles. The number of fused-ring (bicyclic) bond motifs is 1. The van der Waals surface area contributed by atoms with Crippen LogP contribution in [0.5, 0.6) is 0 Å². The number of carbonyl (C=O) groups is 1. The molecule has 112 valence electrons. The SMILES string of the molecule is CNC(C(=O)N1CCc2ccccc21)c1cnn(C)c1.Cl. The standard InChI is InChI=1S/C15H18N4O.ClH/c1-16-14(12-9-17-18(2)10-12)15(20)19-8-7-11-5-3-4-6-13(11)19;/h3-6,9-10,14,16H,7-8H2,1-2H3;1H. The van der Waals surface area contributed by atoms with E-state index < -0.39 is 0 Å². The lowest BCUT2D eigenvalue weighted by molar-refractivity contribution is -0.120. The molecule has 0 bridgehead atoms. The van der Waals surface area contributed by atoms with Gasteiger partial charge in [0.2, 0.25) is 5.91 Å². The monoisotopic (exact) mass is 306 g/mol. The maximum Gasteiger partial charge on any atom is 0.248 e. The molecule has 0 fully saturated rings. The Balaban J connectivity index is 0.00000161. The lowest BCUT2D eigenvalue weighted by atomic mass is 10.1. The number of hydrogen-bond donors (Lipinski definition) is 1. The van der Waals surface area contributed by atoms with Crippen LogP contribution in [0.15, 0.2) is 36.7 Å². The highest BCUT2D eigenvalue weighted by atomic mass is 35.5. The number of benzene rings is 1. The number of rotatable bonds is 3. The van der Waals surface area contributed by atoms with E-state index in [-0.39, 0.29) is 24.4 Å². The molecule has 0 aliphatic carbocycles. The van der Waals surface area contributed by atoms with Crippen molar-refractivity contribution in [2.75, 3.05) is 18.5 Å². The first-order valence-corrected chi connectivity index (χ1v) is 6.76. The second-order valence-electron chi connectivity index (χ2n) is 5.04. The average molecular weight is 307 g/mol. The number of nitrogens with zero attached hydrogens (tertiary/aromatic N) is 3. The Kier molecular flexibility index (Phi) is 4.65. The molecule has 1 aliphatic heterocycles. The van der Waals surface area contributed by atoms with E-state index in [1.165, 1.54) is 5.56 Å². The topological polar surface area (TPSA) is 50.2 Å². The van der Waals surface area contributed by atoms with Crippen LogP contribution in [-0.4, -0.2) is 29.3 Å². The van der Waals surface area contributed by atoms with Crippen molar-refractivity contribution in [1.29, 1.82) is 0 Å². The lowest BCUT2D eigenvalue weighted by Crippen LogP contribution is -2.38. The quantitative estimate of drug-likeness (QED) is 0.939. The number of halogens is 1. The zero-order valence-corrected chi connectivity index (χ0v) is 12.9. The zero-order valence-electron chi connectivity index (χ0n) is 12.1. The number of likely N-dealkylation sites (N-methyl/N-ethyl adjacent to an activating group) is 1. The van der Waals surface area contributed by atoms with Gasteiger partial charge in [0.25, 0.3) is 0 Å². The van der Waals surface area contributed by atoms with Crippen LogP contribution in [0.3, 0.4) is 0 Å². The molecule has 1 amide bonds. The van der Waals surface area contributed by atoms with Gasteiger partial charge in [-0.05, 0) is 25.1 Å². The number of carbonyl (C=O) groups excluding carboxylic acids is 1. The molecule has 1 N–H and O–H groups in total. The summed E-state index contributed by atoms with van der Waals surface area (Å²) in [6.07, 6.45) is 4.54. The van der Waals surface area contributed by atoms with Crippen LogP contribution in [0.2, 0.25) is 0 Å². The van der Waals surface area contributed by atoms with Gasteiger partial charge in [-0.3, -0.25) is 9.48 Å². The largest absolute Gasteiger partial charge is 0.310 e. The highest BCUT2D eigenvalue weighted by Crippen LogP contribution is 2.30. The van der Waals surface area contributed by atoms with Crippen LogP contribution < -0.4 is 10.2 Å². The molecule has 1 aromatic heterocycles. The Morgan fingerprint density at radius 1 is 1.38 bits per heavy atom. The first-order valence-electron chi connectivity index (χ1n) is 6.76.